The standard InChI is InChI=1S/C7H8NO/c1-2-7-3-5-8(9)6-4-7/h2-6H,1H3. The van der Waals surface area contributed by atoms with Crippen LogP contribution in [0, 0.1) is 11.6 Å². The van der Waals surface area contributed by atoms with Crippen LogP contribution in [0.15, 0.2) is 24.5 Å². The molecular formula is C7H8NO. The third-order valence-electron chi connectivity index (χ3n) is 1.16. The molecule has 0 spiro atoms. The van der Waals surface area contributed by atoms with Crippen molar-refractivity contribution in [1.82, 2.24) is 0 Å². The van der Waals surface area contributed by atoms with Crippen LogP contribution in [-0.2, 0) is 0 Å². The Labute approximate surface area is 54.3 Å². The van der Waals surface area contributed by atoms with E-state index in [4.69, 9.17) is 0 Å². The first-order valence-corrected chi connectivity index (χ1v) is 2.81. The molecule has 0 aliphatic heterocycles. The van der Waals surface area contributed by atoms with E-state index in [0.717, 1.165) is 10.3 Å². The molecule has 0 fully saturated rings. The zero-order chi connectivity index (χ0) is 6.69. The molecule has 0 saturated carbocycles. The molecule has 2 heteroatoms. The summed E-state index contributed by atoms with van der Waals surface area (Å²) >= 11 is 0. The number of rotatable bonds is 1. The molecule has 0 amide bonds. The second-order valence-corrected chi connectivity index (χ2v) is 1.78. The van der Waals surface area contributed by atoms with E-state index in [1.807, 2.05) is 13.3 Å². The van der Waals surface area contributed by atoms with E-state index >= 15 is 0 Å². The number of hydrogen-bond acceptors (Lipinski definition) is 1. The lowest BCUT2D eigenvalue weighted by molar-refractivity contribution is -0.605. The molecule has 1 aromatic rings. The largest absolute Gasteiger partial charge is 0.619 e. The maximum absolute atomic E-state index is 10.4. The van der Waals surface area contributed by atoms with Crippen molar-refractivity contribution < 1.29 is 4.73 Å². The Bertz CT molecular complexity index is 181. The van der Waals surface area contributed by atoms with E-state index in [2.05, 4.69) is 0 Å². The maximum atomic E-state index is 10.4. The van der Waals surface area contributed by atoms with Crippen molar-refractivity contribution in [2.45, 2.75) is 6.92 Å². The molecule has 1 aromatic heterocycles. The molecule has 1 radical (unpaired) electrons. The summed E-state index contributed by atoms with van der Waals surface area (Å²) in [7, 11) is 0. The normalized spacial score (nSPS) is 9.44. The van der Waals surface area contributed by atoms with E-state index in [1.165, 1.54) is 12.4 Å². The average molecular weight is 122 g/mol. The quantitative estimate of drug-likeness (QED) is 0.401. The van der Waals surface area contributed by atoms with Gasteiger partial charge in [0.15, 0.2) is 12.4 Å². The Balaban J connectivity index is 2.88. The number of hydrogen-bond donors (Lipinski definition) is 0. The van der Waals surface area contributed by atoms with E-state index in [-0.39, 0.29) is 0 Å². The van der Waals surface area contributed by atoms with E-state index in [9.17, 15) is 5.21 Å². The molecule has 0 atom stereocenters. The number of nitrogens with zero attached hydrogens (tertiary/aromatic N) is 1. The third-order valence-corrected chi connectivity index (χ3v) is 1.16. The first-order chi connectivity index (χ1) is 4.33. The Hall–Kier alpha value is -1.05. The van der Waals surface area contributed by atoms with Gasteiger partial charge in [0, 0.05) is 12.1 Å². The van der Waals surface area contributed by atoms with E-state index in [1.54, 1.807) is 12.1 Å². The summed E-state index contributed by atoms with van der Waals surface area (Å²) in [4.78, 5) is 0. The first kappa shape index (κ1) is 6.08. The molecule has 47 valence electrons. The van der Waals surface area contributed by atoms with Crippen LogP contribution in [0.3, 0.4) is 0 Å². The van der Waals surface area contributed by atoms with Crippen LogP contribution < -0.4 is 4.73 Å². The molecule has 1 rings (SSSR count). The van der Waals surface area contributed by atoms with Gasteiger partial charge in [0.1, 0.15) is 0 Å². The molecule has 0 saturated heterocycles. The van der Waals surface area contributed by atoms with Crippen molar-refractivity contribution in [3.8, 4) is 0 Å². The minimum Gasteiger partial charge on any atom is -0.619 e. The van der Waals surface area contributed by atoms with Gasteiger partial charge in [-0.25, -0.2) is 0 Å². The van der Waals surface area contributed by atoms with Crippen molar-refractivity contribution in [2.75, 3.05) is 0 Å². The molecule has 1 heterocycles. The van der Waals surface area contributed by atoms with Crippen molar-refractivity contribution in [1.29, 1.82) is 0 Å². The smallest absolute Gasteiger partial charge is 0.180 e. The van der Waals surface area contributed by atoms with Crippen LogP contribution in [0.5, 0.6) is 0 Å². The Morgan fingerprint density at radius 3 is 2.44 bits per heavy atom. The zero-order valence-electron chi connectivity index (χ0n) is 5.24. The second kappa shape index (κ2) is 2.49. The number of pyridine rings is 1. The summed E-state index contributed by atoms with van der Waals surface area (Å²) in [6.07, 6.45) is 4.91. The lowest BCUT2D eigenvalue weighted by Gasteiger charge is -1.94. The lowest BCUT2D eigenvalue weighted by atomic mass is 10.2. The fourth-order valence-electron chi connectivity index (χ4n) is 0.617. The van der Waals surface area contributed by atoms with Crippen LogP contribution in [0.25, 0.3) is 0 Å². The number of aromatic nitrogens is 1. The van der Waals surface area contributed by atoms with Gasteiger partial charge in [-0.05, 0) is 12.0 Å². The van der Waals surface area contributed by atoms with E-state index in [0.29, 0.717) is 0 Å². The van der Waals surface area contributed by atoms with Crippen LogP contribution in [0.2, 0.25) is 0 Å². The summed E-state index contributed by atoms with van der Waals surface area (Å²) < 4.78 is 0.771. The predicted molar refractivity (Wildman–Crippen MR) is 34.5 cm³/mol. The first-order valence-electron chi connectivity index (χ1n) is 2.81. The molecule has 0 aliphatic carbocycles. The van der Waals surface area contributed by atoms with Gasteiger partial charge in [-0.15, -0.1) is 0 Å². The van der Waals surface area contributed by atoms with Crippen LogP contribution in [0.1, 0.15) is 12.5 Å². The molecular weight excluding hydrogens is 114 g/mol. The highest BCUT2D eigenvalue weighted by atomic mass is 16.5. The highest BCUT2D eigenvalue weighted by Crippen LogP contribution is 1.95. The van der Waals surface area contributed by atoms with Gasteiger partial charge >= 0.3 is 0 Å². The summed E-state index contributed by atoms with van der Waals surface area (Å²) in [6.45, 7) is 1.93. The summed E-state index contributed by atoms with van der Waals surface area (Å²) in [5.74, 6) is 0. The third kappa shape index (κ3) is 1.42. The van der Waals surface area contributed by atoms with Gasteiger partial charge in [0.05, 0.1) is 0 Å². The molecule has 0 bridgehead atoms. The van der Waals surface area contributed by atoms with E-state index < -0.39 is 0 Å². The van der Waals surface area contributed by atoms with Gasteiger partial charge < -0.3 is 5.21 Å². The fraction of sp³-hybridized carbons (Fsp3) is 0.143. The average Bonchev–Trinajstić information content (AvgIpc) is 1.90. The Morgan fingerprint density at radius 2 is 2.00 bits per heavy atom. The topological polar surface area (TPSA) is 26.9 Å². The minimum atomic E-state index is 0.771. The van der Waals surface area contributed by atoms with Crippen molar-refractivity contribution in [3.05, 3.63) is 41.7 Å². The van der Waals surface area contributed by atoms with Gasteiger partial charge in [-0.3, -0.25) is 0 Å². The fourth-order valence-corrected chi connectivity index (χ4v) is 0.617. The lowest BCUT2D eigenvalue weighted by Crippen LogP contribution is -2.23. The Morgan fingerprint density at radius 1 is 1.44 bits per heavy atom. The minimum absolute atomic E-state index is 0.771. The molecule has 2 nitrogen and oxygen atoms in total. The monoisotopic (exact) mass is 122 g/mol. The molecule has 0 unspecified atom stereocenters. The highest BCUT2D eigenvalue weighted by molar-refractivity contribution is 5.15. The maximum Gasteiger partial charge on any atom is 0.180 e. The van der Waals surface area contributed by atoms with Gasteiger partial charge in [-0.1, -0.05) is 6.92 Å². The summed E-state index contributed by atoms with van der Waals surface area (Å²) in [6, 6.07) is 3.54. The van der Waals surface area contributed by atoms with Crippen LogP contribution in [0.4, 0.5) is 0 Å². The van der Waals surface area contributed by atoms with Crippen LogP contribution >= 0.6 is 0 Å². The Kier molecular flexibility index (Phi) is 1.68. The van der Waals surface area contributed by atoms with Crippen molar-refractivity contribution in [2.24, 2.45) is 0 Å². The van der Waals surface area contributed by atoms with Crippen molar-refractivity contribution in [3.63, 3.8) is 0 Å². The van der Waals surface area contributed by atoms with Crippen molar-refractivity contribution >= 4 is 0 Å². The molecule has 0 aromatic carbocycles. The summed E-state index contributed by atoms with van der Waals surface area (Å²) in [5.41, 5.74) is 1.07. The SMILES string of the molecule is C[CH]c1cc[n+]([O-])cc1. The zero-order valence-corrected chi connectivity index (χ0v) is 5.24. The van der Waals surface area contributed by atoms with Gasteiger partial charge in [-0.2, -0.15) is 4.73 Å². The van der Waals surface area contributed by atoms with Crippen LogP contribution in [-0.4, -0.2) is 0 Å². The highest BCUT2D eigenvalue weighted by Gasteiger charge is 1.88. The van der Waals surface area contributed by atoms with Gasteiger partial charge in [0.25, 0.3) is 0 Å². The molecule has 0 aliphatic rings. The predicted octanol–water partition coefficient (Wildman–Crippen LogP) is 0.892. The summed E-state index contributed by atoms with van der Waals surface area (Å²) in [5, 5.41) is 10.4. The van der Waals surface area contributed by atoms with Gasteiger partial charge in [0.2, 0.25) is 0 Å². The second-order valence-electron chi connectivity index (χ2n) is 1.78. The molecule has 0 N–H and O–H groups in total. The molecule has 9 heavy (non-hydrogen) atoms.